The molecule has 2 aromatic rings. The molecule has 0 fully saturated rings. The van der Waals surface area contributed by atoms with Gasteiger partial charge in [-0.25, -0.2) is 13.6 Å². The number of para-hydroxylation sites is 1. The smallest absolute Gasteiger partial charge is 0.264 e. The minimum atomic E-state index is -3.73. The first-order valence-corrected chi connectivity index (χ1v) is 9.46. The van der Waals surface area contributed by atoms with Crippen molar-refractivity contribution in [3.8, 4) is 5.75 Å². The second-order valence-corrected chi connectivity index (χ2v) is 7.72. The van der Waals surface area contributed by atoms with Gasteiger partial charge in [0.25, 0.3) is 5.91 Å². The van der Waals surface area contributed by atoms with Gasteiger partial charge < -0.3 is 9.64 Å². The summed E-state index contributed by atoms with van der Waals surface area (Å²) >= 11 is 0. The fourth-order valence-electron chi connectivity index (χ4n) is 2.90. The Balaban J connectivity index is 1.72. The van der Waals surface area contributed by atoms with Crippen LogP contribution >= 0.6 is 0 Å². The molecular formula is C18H20N2O4S. The highest BCUT2D eigenvalue weighted by atomic mass is 32.2. The second kappa shape index (κ2) is 6.50. The van der Waals surface area contributed by atoms with E-state index in [1.807, 2.05) is 31.2 Å². The summed E-state index contributed by atoms with van der Waals surface area (Å²) in [4.78, 5) is 14.4. The van der Waals surface area contributed by atoms with Crippen LogP contribution in [0.5, 0.6) is 5.75 Å². The highest BCUT2D eigenvalue weighted by Gasteiger charge is 2.32. The maximum absolute atomic E-state index is 12.7. The first-order chi connectivity index (χ1) is 11.8. The lowest BCUT2D eigenvalue weighted by Crippen LogP contribution is -2.40. The summed E-state index contributed by atoms with van der Waals surface area (Å²) in [7, 11) is -2.01. The predicted molar refractivity (Wildman–Crippen MR) is 93.6 cm³/mol. The molecule has 132 valence electrons. The van der Waals surface area contributed by atoms with E-state index in [2.05, 4.69) is 0 Å². The van der Waals surface area contributed by atoms with Gasteiger partial charge >= 0.3 is 0 Å². The van der Waals surface area contributed by atoms with Crippen molar-refractivity contribution in [2.24, 2.45) is 5.14 Å². The number of ether oxygens (including phenoxy) is 1. The van der Waals surface area contributed by atoms with Crippen LogP contribution in [-0.4, -0.2) is 32.4 Å². The van der Waals surface area contributed by atoms with Crippen LogP contribution in [0.25, 0.3) is 0 Å². The van der Waals surface area contributed by atoms with Gasteiger partial charge in [0.05, 0.1) is 10.9 Å². The number of hydrogen-bond donors (Lipinski definition) is 1. The molecule has 2 atom stereocenters. The number of likely N-dealkylation sites (N-methyl/N-ethyl adjacent to an activating group) is 1. The van der Waals surface area contributed by atoms with Crippen LogP contribution in [0.15, 0.2) is 53.4 Å². The molecule has 2 unspecified atom stereocenters. The van der Waals surface area contributed by atoms with E-state index in [0.717, 1.165) is 16.9 Å². The number of hydrogen-bond acceptors (Lipinski definition) is 4. The molecule has 1 amide bonds. The average molecular weight is 360 g/mol. The summed E-state index contributed by atoms with van der Waals surface area (Å²) in [6.45, 7) is 1.88. The van der Waals surface area contributed by atoms with Crippen molar-refractivity contribution < 1.29 is 17.9 Å². The fraction of sp³-hybridized carbons (Fsp3) is 0.278. The third-order valence-electron chi connectivity index (χ3n) is 4.54. The number of fused-ring (bicyclic) bond motifs is 1. The number of primary sulfonamides is 1. The molecule has 1 heterocycles. The van der Waals surface area contributed by atoms with Gasteiger partial charge in [-0.15, -0.1) is 0 Å². The Labute approximate surface area is 147 Å². The Bertz CT molecular complexity index is 869. The topological polar surface area (TPSA) is 89.7 Å². The van der Waals surface area contributed by atoms with Gasteiger partial charge in [-0.1, -0.05) is 30.3 Å². The van der Waals surface area contributed by atoms with E-state index in [-0.39, 0.29) is 16.8 Å². The molecule has 3 rings (SSSR count). The highest BCUT2D eigenvalue weighted by Crippen LogP contribution is 2.30. The standard InChI is InChI=1S/C18H20N2O4S/c1-12(13-7-9-15(10-8-13)25(19,22)23)20(2)18(21)17-11-14-5-3-4-6-16(14)24-17/h3-10,12,17H,11H2,1-2H3,(H2,19,22,23). The van der Waals surface area contributed by atoms with Crippen molar-refractivity contribution in [2.45, 2.75) is 30.4 Å². The zero-order valence-corrected chi connectivity index (χ0v) is 14.9. The van der Waals surface area contributed by atoms with Crippen molar-refractivity contribution in [2.75, 3.05) is 7.05 Å². The number of sulfonamides is 1. The molecule has 2 N–H and O–H groups in total. The summed E-state index contributed by atoms with van der Waals surface area (Å²) in [5.74, 6) is 0.638. The second-order valence-electron chi connectivity index (χ2n) is 6.16. The number of carbonyl (C=O) groups excluding carboxylic acids is 1. The van der Waals surface area contributed by atoms with E-state index in [0.29, 0.717) is 6.42 Å². The Kier molecular flexibility index (Phi) is 4.53. The number of rotatable bonds is 4. The van der Waals surface area contributed by atoms with Crippen LogP contribution in [-0.2, 0) is 21.2 Å². The molecule has 1 aliphatic rings. The summed E-state index contributed by atoms with van der Waals surface area (Å²) in [5.41, 5.74) is 1.85. The average Bonchev–Trinajstić information content (AvgIpc) is 3.03. The third kappa shape index (κ3) is 3.52. The van der Waals surface area contributed by atoms with Crippen LogP contribution in [0.3, 0.4) is 0 Å². The normalized spacial score (nSPS) is 17.5. The van der Waals surface area contributed by atoms with E-state index in [9.17, 15) is 13.2 Å². The van der Waals surface area contributed by atoms with E-state index in [4.69, 9.17) is 9.88 Å². The quantitative estimate of drug-likeness (QED) is 0.901. The molecule has 7 heteroatoms. The third-order valence-corrected chi connectivity index (χ3v) is 5.47. The molecule has 0 spiro atoms. The molecule has 0 aliphatic carbocycles. The summed E-state index contributed by atoms with van der Waals surface area (Å²) < 4.78 is 28.4. The maximum Gasteiger partial charge on any atom is 0.264 e. The first-order valence-electron chi connectivity index (χ1n) is 7.91. The Morgan fingerprint density at radius 1 is 1.20 bits per heavy atom. The minimum Gasteiger partial charge on any atom is -0.480 e. The van der Waals surface area contributed by atoms with Gasteiger partial charge in [-0.05, 0) is 36.2 Å². The Morgan fingerprint density at radius 3 is 2.44 bits per heavy atom. The number of benzene rings is 2. The summed E-state index contributed by atoms with van der Waals surface area (Å²) in [6.07, 6.45) is 0.0182. The lowest BCUT2D eigenvalue weighted by Gasteiger charge is -2.27. The summed E-state index contributed by atoms with van der Waals surface area (Å²) in [6, 6.07) is 13.6. The summed E-state index contributed by atoms with van der Waals surface area (Å²) in [5, 5.41) is 5.11. The molecule has 1 aliphatic heterocycles. The zero-order chi connectivity index (χ0) is 18.2. The van der Waals surface area contributed by atoms with Gasteiger partial charge in [0.2, 0.25) is 10.0 Å². The maximum atomic E-state index is 12.7. The van der Waals surface area contributed by atoms with Crippen LogP contribution in [0, 0.1) is 0 Å². The van der Waals surface area contributed by atoms with Crippen LogP contribution < -0.4 is 9.88 Å². The van der Waals surface area contributed by atoms with Gasteiger partial charge in [-0.3, -0.25) is 4.79 Å². The van der Waals surface area contributed by atoms with Crippen LogP contribution in [0.4, 0.5) is 0 Å². The molecule has 6 nitrogen and oxygen atoms in total. The molecular weight excluding hydrogens is 340 g/mol. The van der Waals surface area contributed by atoms with E-state index < -0.39 is 16.1 Å². The molecule has 0 aromatic heterocycles. The molecule has 2 aromatic carbocycles. The van der Waals surface area contributed by atoms with Crippen molar-refractivity contribution >= 4 is 15.9 Å². The highest BCUT2D eigenvalue weighted by molar-refractivity contribution is 7.89. The van der Waals surface area contributed by atoms with E-state index in [1.54, 1.807) is 24.1 Å². The van der Waals surface area contributed by atoms with Crippen molar-refractivity contribution in [3.63, 3.8) is 0 Å². The zero-order valence-electron chi connectivity index (χ0n) is 14.0. The van der Waals surface area contributed by atoms with Gasteiger partial charge in [-0.2, -0.15) is 0 Å². The number of carbonyl (C=O) groups is 1. The van der Waals surface area contributed by atoms with Gasteiger partial charge in [0.15, 0.2) is 6.10 Å². The fourth-order valence-corrected chi connectivity index (χ4v) is 3.41. The van der Waals surface area contributed by atoms with Crippen molar-refractivity contribution in [3.05, 3.63) is 59.7 Å². The lowest BCUT2D eigenvalue weighted by atomic mass is 10.1. The van der Waals surface area contributed by atoms with Crippen molar-refractivity contribution in [1.82, 2.24) is 4.90 Å². The Morgan fingerprint density at radius 2 is 1.84 bits per heavy atom. The van der Waals surface area contributed by atoms with Crippen molar-refractivity contribution in [1.29, 1.82) is 0 Å². The molecule has 0 bridgehead atoms. The Hall–Kier alpha value is -2.38. The number of nitrogens with zero attached hydrogens (tertiary/aromatic N) is 1. The monoisotopic (exact) mass is 360 g/mol. The number of nitrogens with two attached hydrogens (primary N) is 1. The van der Waals surface area contributed by atoms with E-state index >= 15 is 0 Å². The van der Waals surface area contributed by atoms with Crippen LogP contribution in [0.1, 0.15) is 24.1 Å². The first kappa shape index (κ1) is 17.4. The molecule has 0 saturated carbocycles. The van der Waals surface area contributed by atoms with Crippen LogP contribution in [0.2, 0.25) is 0 Å². The van der Waals surface area contributed by atoms with Gasteiger partial charge in [0.1, 0.15) is 5.75 Å². The predicted octanol–water partition coefficient (Wildman–Crippen LogP) is 1.86. The molecule has 0 saturated heterocycles. The number of amides is 1. The largest absolute Gasteiger partial charge is 0.480 e. The lowest BCUT2D eigenvalue weighted by molar-refractivity contribution is -0.138. The minimum absolute atomic E-state index is 0.0482. The van der Waals surface area contributed by atoms with Gasteiger partial charge in [0, 0.05) is 13.5 Å². The molecule has 25 heavy (non-hydrogen) atoms. The molecule has 0 radical (unpaired) electrons. The van der Waals surface area contributed by atoms with E-state index in [1.165, 1.54) is 12.1 Å². The SMILES string of the molecule is CC(c1ccc(S(N)(=O)=O)cc1)N(C)C(=O)C1Cc2ccccc2O1.